The van der Waals surface area contributed by atoms with Crippen LogP contribution in [-0.2, 0) is 0 Å². The van der Waals surface area contributed by atoms with Gasteiger partial charge >= 0.3 is 0 Å². The second-order valence-electron chi connectivity index (χ2n) is 4.54. The molecule has 0 unspecified atom stereocenters. The number of hydrogen-bond acceptors (Lipinski definition) is 6. The van der Waals surface area contributed by atoms with Crippen molar-refractivity contribution in [1.82, 2.24) is 15.0 Å². The van der Waals surface area contributed by atoms with Crippen molar-refractivity contribution in [3.63, 3.8) is 0 Å². The molecule has 0 amide bonds. The predicted octanol–water partition coefficient (Wildman–Crippen LogP) is 1.89. The minimum Gasteiger partial charge on any atom is -0.494 e. The van der Waals surface area contributed by atoms with Crippen LogP contribution in [-0.4, -0.2) is 27.0 Å². The van der Waals surface area contributed by atoms with Gasteiger partial charge in [0, 0.05) is 6.07 Å². The van der Waals surface area contributed by atoms with Crippen molar-refractivity contribution in [2.24, 2.45) is 0 Å². The second kappa shape index (κ2) is 5.16. The summed E-state index contributed by atoms with van der Waals surface area (Å²) in [7, 11) is 1.44. The lowest BCUT2D eigenvalue weighted by Crippen LogP contribution is -2.07. The van der Waals surface area contributed by atoms with Gasteiger partial charge in [0.15, 0.2) is 11.6 Å². The van der Waals surface area contributed by atoms with Gasteiger partial charge in [-0.3, -0.25) is 10.1 Å². The van der Waals surface area contributed by atoms with Gasteiger partial charge < -0.3 is 10.5 Å². The summed E-state index contributed by atoms with van der Waals surface area (Å²) in [5.41, 5.74) is 7.05. The van der Waals surface area contributed by atoms with Gasteiger partial charge in [0.2, 0.25) is 0 Å². The fourth-order valence-corrected chi connectivity index (χ4v) is 1.97. The zero-order valence-corrected chi connectivity index (χ0v) is 11.4. The average Bonchev–Trinajstić information content (AvgIpc) is 2.79. The highest BCUT2D eigenvalue weighted by Crippen LogP contribution is 2.31. The van der Waals surface area contributed by atoms with Crippen LogP contribution in [0.3, 0.4) is 0 Å². The Bertz CT molecular complexity index is 651. The third kappa shape index (κ3) is 2.27. The summed E-state index contributed by atoms with van der Waals surface area (Å²) in [5, 5.41) is 18.6. The molecule has 106 valence electrons. The van der Waals surface area contributed by atoms with Crippen LogP contribution in [0.1, 0.15) is 25.5 Å². The van der Waals surface area contributed by atoms with Gasteiger partial charge in [-0.1, -0.05) is 19.1 Å². The van der Waals surface area contributed by atoms with Crippen LogP contribution in [0.2, 0.25) is 0 Å². The molecule has 0 spiro atoms. The second-order valence-corrected chi connectivity index (χ2v) is 4.54. The van der Waals surface area contributed by atoms with Gasteiger partial charge in [0.1, 0.15) is 5.69 Å². The van der Waals surface area contributed by atoms with Crippen molar-refractivity contribution >= 4 is 11.5 Å². The lowest BCUT2D eigenvalue weighted by atomic mass is 10.1. The van der Waals surface area contributed by atoms with Crippen LogP contribution in [0, 0.1) is 10.1 Å². The molecule has 20 heavy (non-hydrogen) atoms. The number of rotatable bonds is 4. The van der Waals surface area contributed by atoms with Crippen LogP contribution in [0.15, 0.2) is 18.2 Å². The normalized spacial score (nSPS) is 10.8. The van der Waals surface area contributed by atoms with E-state index in [1.165, 1.54) is 19.2 Å². The SMILES string of the molecule is COc1cc([N+](=O)[O-])ccc1-n1nnc(N)c1C(C)C. The molecule has 0 aliphatic heterocycles. The molecule has 2 aromatic rings. The molecule has 1 aromatic heterocycles. The van der Waals surface area contributed by atoms with Crippen molar-refractivity contribution in [1.29, 1.82) is 0 Å². The molecule has 2 rings (SSSR count). The predicted molar refractivity (Wildman–Crippen MR) is 73.1 cm³/mol. The molecular weight excluding hydrogens is 262 g/mol. The quantitative estimate of drug-likeness (QED) is 0.675. The molecule has 0 saturated carbocycles. The zero-order chi connectivity index (χ0) is 14.9. The Labute approximate surface area is 115 Å². The Morgan fingerprint density at radius 3 is 2.70 bits per heavy atom. The number of nitro benzene ring substituents is 1. The van der Waals surface area contributed by atoms with E-state index in [0.29, 0.717) is 17.3 Å². The monoisotopic (exact) mass is 277 g/mol. The number of nitrogens with two attached hydrogens (primary N) is 1. The summed E-state index contributed by atoms with van der Waals surface area (Å²) in [6, 6.07) is 4.30. The maximum Gasteiger partial charge on any atom is 0.273 e. The van der Waals surface area contributed by atoms with Crippen LogP contribution in [0.25, 0.3) is 5.69 Å². The van der Waals surface area contributed by atoms with Crippen LogP contribution in [0.4, 0.5) is 11.5 Å². The van der Waals surface area contributed by atoms with Crippen molar-refractivity contribution in [3.05, 3.63) is 34.0 Å². The molecule has 0 radical (unpaired) electrons. The van der Waals surface area contributed by atoms with Gasteiger partial charge in [-0.15, -0.1) is 5.10 Å². The van der Waals surface area contributed by atoms with Gasteiger partial charge in [0.05, 0.1) is 23.8 Å². The maximum atomic E-state index is 10.8. The topological polar surface area (TPSA) is 109 Å². The van der Waals surface area contributed by atoms with E-state index in [1.807, 2.05) is 13.8 Å². The molecular formula is C12H15N5O3. The van der Waals surface area contributed by atoms with Crippen molar-refractivity contribution in [3.8, 4) is 11.4 Å². The summed E-state index contributed by atoms with van der Waals surface area (Å²) in [4.78, 5) is 10.3. The molecule has 0 saturated heterocycles. The zero-order valence-electron chi connectivity index (χ0n) is 11.4. The molecule has 2 N–H and O–H groups in total. The van der Waals surface area contributed by atoms with Crippen LogP contribution in [0.5, 0.6) is 5.75 Å². The minimum absolute atomic E-state index is 0.0511. The number of hydrogen-bond donors (Lipinski definition) is 1. The summed E-state index contributed by atoms with van der Waals surface area (Å²) in [6.07, 6.45) is 0. The number of ether oxygens (including phenoxy) is 1. The molecule has 0 aliphatic carbocycles. The van der Waals surface area contributed by atoms with Crippen molar-refractivity contribution in [2.75, 3.05) is 12.8 Å². The summed E-state index contributed by atoms with van der Waals surface area (Å²) < 4.78 is 6.74. The van der Waals surface area contributed by atoms with E-state index in [9.17, 15) is 10.1 Å². The first-order valence-electron chi connectivity index (χ1n) is 5.99. The third-order valence-electron chi connectivity index (χ3n) is 2.88. The third-order valence-corrected chi connectivity index (χ3v) is 2.88. The lowest BCUT2D eigenvalue weighted by molar-refractivity contribution is -0.384. The van der Waals surface area contributed by atoms with Gasteiger partial charge in [-0.25, -0.2) is 4.68 Å². The highest BCUT2D eigenvalue weighted by molar-refractivity contribution is 5.55. The largest absolute Gasteiger partial charge is 0.494 e. The lowest BCUT2D eigenvalue weighted by Gasteiger charge is -2.12. The number of non-ortho nitro benzene ring substituents is 1. The van der Waals surface area contributed by atoms with E-state index in [-0.39, 0.29) is 11.6 Å². The fourth-order valence-electron chi connectivity index (χ4n) is 1.97. The van der Waals surface area contributed by atoms with Crippen LogP contribution >= 0.6 is 0 Å². The van der Waals surface area contributed by atoms with Crippen molar-refractivity contribution < 1.29 is 9.66 Å². The molecule has 8 nitrogen and oxygen atoms in total. The number of nitro groups is 1. The molecule has 1 heterocycles. The fraction of sp³-hybridized carbons (Fsp3) is 0.333. The number of methoxy groups -OCH3 is 1. The standard InChI is InChI=1S/C12H15N5O3/c1-7(2)11-12(13)14-15-16(11)9-5-4-8(17(18)19)6-10(9)20-3/h4-7H,13H2,1-3H3. The molecule has 1 aromatic carbocycles. The summed E-state index contributed by atoms with van der Waals surface area (Å²) in [6.45, 7) is 3.92. The van der Waals surface area contributed by atoms with E-state index < -0.39 is 4.92 Å². The van der Waals surface area contributed by atoms with Gasteiger partial charge in [-0.2, -0.15) is 0 Å². The van der Waals surface area contributed by atoms with E-state index in [0.717, 1.165) is 5.69 Å². The Morgan fingerprint density at radius 1 is 1.45 bits per heavy atom. The maximum absolute atomic E-state index is 10.8. The molecule has 0 fully saturated rings. The molecule has 8 heteroatoms. The first-order chi connectivity index (χ1) is 9.45. The highest BCUT2D eigenvalue weighted by Gasteiger charge is 2.19. The first kappa shape index (κ1) is 13.8. The number of aromatic nitrogens is 3. The minimum atomic E-state index is -0.481. The Hall–Kier alpha value is -2.64. The van der Waals surface area contributed by atoms with Gasteiger partial charge in [0.25, 0.3) is 5.69 Å². The molecule has 0 bridgehead atoms. The van der Waals surface area contributed by atoms with E-state index in [4.69, 9.17) is 10.5 Å². The highest BCUT2D eigenvalue weighted by atomic mass is 16.6. The van der Waals surface area contributed by atoms with Gasteiger partial charge in [-0.05, 0) is 12.0 Å². The molecule has 0 aliphatic rings. The summed E-state index contributed by atoms with van der Waals surface area (Å²) in [5.74, 6) is 0.774. The van der Waals surface area contributed by atoms with E-state index in [1.54, 1.807) is 10.7 Å². The van der Waals surface area contributed by atoms with E-state index in [2.05, 4.69) is 10.3 Å². The molecule has 0 atom stereocenters. The Balaban J connectivity index is 2.61. The number of nitrogen functional groups attached to an aromatic ring is 1. The summed E-state index contributed by atoms with van der Waals surface area (Å²) >= 11 is 0. The van der Waals surface area contributed by atoms with Crippen molar-refractivity contribution in [2.45, 2.75) is 19.8 Å². The Morgan fingerprint density at radius 2 is 2.15 bits per heavy atom. The number of benzene rings is 1. The van der Waals surface area contributed by atoms with E-state index >= 15 is 0 Å². The Kier molecular flexibility index (Phi) is 3.55. The average molecular weight is 277 g/mol. The smallest absolute Gasteiger partial charge is 0.273 e. The number of anilines is 1. The van der Waals surface area contributed by atoms with Crippen LogP contribution < -0.4 is 10.5 Å². The first-order valence-corrected chi connectivity index (χ1v) is 5.99. The number of nitrogens with zero attached hydrogens (tertiary/aromatic N) is 4.